The molecule has 2 heterocycles. The Morgan fingerprint density at radius 2 is 2.17 bits per heavy atom. The molecule has 0 saturated heterocycles. The van der Waals surface area contributed by atoms with Gasteiger partial charge in [0, 0.05) is 18.0 Å². The average Bonchev–Trinajstić information content (AvgIpc) is 2.94. The van der Waals surface area contributed by atoms with E-state index in [0.29, 0.717) is 17.4 Å². The van der Waals surface area contributed by atoms with E-state index in [2.05, 4.69) is 25.3 Å². The summed E-state index contributed by atoms with van der Waals surface area (Å²) in [5.74, 6) is 0.358. The van der Waals surface area contributed by atoms with Crippen molar-refractivity contribution in [2.75, 3.05) is 11.9 Å². The summed E-state index contributed by atoms with van der Waals surface area (Å²) in [6, 6.07) is 5.55. The van der Waals surface area contributed by atoms with Crippen LogP contribution < -0.4 is 5.32 Å². The Morgan fingerprint density at radius 3 is 2.91 bits per heavy atom. The van der Waals surface area contributed by atoms with Gasteiger partial charge in [0.2, 0.25) is 0 Å². The van der Waals surface area contributed by atoms with E-state index in [-0.39, 0.29) is 5.69 Å². The maximum atomic E-state index is 10.7. The number of aromatic carboxylic acids is 1. The predicted molar refractivity (Wildman–Crippen MR) is 86.9 cm³/mol. The van der Waals surface area contributed by atoms with Crippen molar-refractivity contribution < 1.29 is 9.90 Å². The van der Waals surface area contributed by atoms with E-state index in [1.807, 2.05) is 18.2 Å². The number of aromatic nitrogens is 4. The van der Waals surface area contributed by atoms with Gasteiger partial charge in [-0.15, -0.1) is 0 Å². The first-order chi connectivity index (χ1) is 11.1. The number of fused-ring (bicyclic) bond motifs is 1. The average molecular weight is 332 g/mol. The van der Waals surface area contributed by atoms with Crippen LogP contribution >= 0.6 is 11.6 Å². The van der Waals surface area contributed by atoms with Crippen molar-refractivity contribution in [2.45, 2.75) is 12.8 Å². The normalized spacial score (nSPS) is 10.8. The molecule has 0 aliphatic rings. The van der Waals surface area contributed by atoms with Gasteiger partial charge in [0.1, 0.15) is 11.6 Å². The molecule has 0 spiro atoms. The van der Waals surface area contributed by atoms with Gasteiger partial charge in [-0.3, -0.25) is 0 Å². The van der Waals surface area contributed by atoms with Gasteiger partial charge in [0.05, 0.1) is 23.4 Å². The Kier molecular flexibility index (Phi) is 4.38. The molecule has 8 heteroatoms. The van der Waals surface area contributed by atoms with Gasteiger partial charge in [-0.05, 0) is 24.6 Å². The van der Waals surface area contributed by atoms with Gasteiger partial charge in [-0.2, -0.15) is 0 Å². The molecule has 0 saturated carbocycles. The Bertz CT molecular complexity index is 832. The minimum absolute atomic E-state index is 0.0727. The fourth-order valence-electron chi connectivity index (χ4n) is 2.16. The van der Waals surface area contributed by atoms with E-state index in [9.17, 15) is 4.79 Å². The highest BCUT2D eigenvalue weighted by molar-refractivity contribution is 6.31. The smallest absolute Gasteiger partial charge is 0.356 e. The topological polar surface area (TPSA) is 104 Å². The molecule has 1 aromatic carbocycles. The highest BCUT2D eigenvalue weighted by Gasteiger charge is 2.05. The van der Waals surface area contributed by atoms with Crippen molar-refractivity contribution in [1.82, 2.24) is 19.9 Å². The maximum absolute atomic E-state index is 10.7. The summed E-state index contributed by atoms with van der Waals surface area (Å²) in [5, 5.41) is 12.5. The Labute approximate surface area is 136 Å². The minimum Gasteiger partial charge on any atom is -0.476 e. The second kappa shape index (κ2) is 6.62. The third kappa shape index (κ3) is 3.75. The predicted octanol–water partition coefficient (Wildman–Crippen LogP) is 2.75. The summed E-state index contributed by atoms with van der Waals surface area (Å²) in [6.45, 7) is 0.679. The summed E-state index contributed by atoms with van der Waals surface area (Å²) < 4.78 is 0. The number of aryl methyl sites for hydroxylation is 1. The molecule has 118 valence electrons. The van der Waals surface area contributed by atoms with E-state index < -0.39 is 5.97 Å². The SMILES string of the molecule is O=C(O)c1cnc(NCCCc2nc3ccc(Cl)cc3[nH]2)cn1. The number of hydrogen-bond acceptors (Lipinski definition) is 5. The van der Waals surface area contributed by atoms with E-state index in [4.69, 9.17) is 16.7 Å². The number of carboxylic acids is 1. The van der Waals surface area contributed by atoms with Gasteiger partial charge >= 0.3 is 5.97 Å². The molecule has 3 rings (SSSR count). The number of H-pyrrole nitrogens is 1. The fourth-order valence-corrected chi connectivity index (χ4v) is 2.33. The maximum Gasteiger partial charge on any atom is 0.356 e. The van der Waals surface area contributed by atoms with Crippen LogP contribution in [0.3, 0.4) is 0 Å². The molecule has 0 radical (unpaired) electrons. The van der Waals surface area contributed by atoms with Crippen LogP contribution in [0.25, 0.3) is 11.0 Å². The second-order valence-corrected chi connectivity index (χ2v) is 5.40. The number of aromatic amines is 1. The molecule has 0 aliphatic heterocycles. The minimum atomic E-state index is -1.09. The highest BCUT2D eigenvalue weighted by Crippen LogP contribution is 2.17. The standard InChI is InChI=1S/C15H14ClN5O2/c16-9-3-4-10-11(6-9)21-13(20-10)2-1-5-17-14-8-18-12(7-19-14)15(22)23/h3-4,6-8H,1-2,5H2,(H,17,19)(H,20,21)(H,22,23). The van der Waals surface area contributed by atoms with Gasteiger partial charge in [0.15, 0.2) is 5.69 Å². The van der Waals surface area contributed by atoms with E-state index in [1.54, 1.807) is 0 Å². The second-order valence-electron chi connectivity index (χ2n) is 4.97. The van der Waals surface area contributed by atoms with Crippen molar-refractivity contribution >= 4 is 34.4 Å². The van der Waals surface area contributed by atoms with Gasteiger partial charge in [0.25, 0.3) is 0 Å². The zero-order chi connectivity index (χ0) is 16.2. The van der Waals surface area contributed by atoms with Crippen LogP contribution in [0.2, 0.25) is 5.02 Å². The molecule has 0 atom stereocenters. The third-order valence-electron chi connectivity index (χ3n) is 3.26. The molecule has 0 bridgehead atoms. The molecule has 0 aliphatic carbocycles. The van der Waals surface area contributed by atoms with Crippen LogP contribution in [-0.4, -0.2) is 37.6 Å². The van der Waals surface area contributed by atoms with Crippen molar-refractivity contribution in [3.63, 3.8) is 0 Å². The molecule has 3 aromatic rings. The number of nitrogens with one attached hydrogen (secondary N) is 2. The lowest BCUT2D eigenvalue weighted by Crippen LogP contribution is -2.07. The summed E-state index contributed by atoms with van der Waals surface area (Å²) in [7, 11) is 0. The first-order valence-corrected chi connectivity index (χ1v) is 7.43. The van der Waals surface area contributed by atoms with Crippen LogP contribution in [0.1, 0.15) is 22.7 Å². The van der Waals surface area contributed by atoms with Gasteiger partial charge in [-0.1, -0.05) is 11.6 Å². The number of hydrogen-bond donors (Lipinski definition) is 3. The monoisotopic (exact) mass is 331 g/mol. The molecule has 2 aromatic heterocycles. The molecule has 0 unspecified atom stereocenters. The van der Waals surface area contributed by atoms with Gasteiger partial charge in [-0.25, -0.2) is 19.7 Å². The lowest BCUT2D eigenvalue weighted by Gasteiger charge is -2.04. The van der Waals surface area contributed by atoms with E-state index in [0.717, 1.165) is 29.7 Å². The Balaban J connectivity index is 1.51. The largest absolute Gasteiger partial charge is 0.476 e. The number of carboxylic acid groups (broad SMARTS) is 1. The highest BCUT2D eigenvalue weighted by atomic mass is 35.5. The van der Waals surface area contributed by atoms with Crippen LogP contribution in [0, 0.1) is 0 Å². The van der Waals surface area contributed by atoms with Crippen molar-refractivity contribution in [3.05, 3.63) is 47.1 Å². The van der Waals surface area contributed by atoms with Crippen molar-refractivity contribution in [3.8, 4) is 0 Å². The lowest BCUT2D eigenvalue weighted by atomic mass is 10.3. The quantitative estimate of drug-likeness (QED) is 0.600. The zero-order valence-electron chi connectivity index (χ0n) is 12.1. The van der Waals surface area contributed by atoms with E-state index in [1.165, 1.54) is 12.4 Å². The zero-order valence-corrected chi connectivity index (χ0v) is 12.8. The van der Waals surface area contributed by atoms with Crippen LogP contribution in [0.4, 0.5) is 5.82 Å². The Morgan fingerprint density at radius 1 is 1.30 bits per heavy atom. The number of anilines is 1. The fraction of sp³-hybridized carbons (Fsp3) is 0.200. The number of rotatable bonds is 6. The molecule has 23 heavy (non-hydrogen) atoms. The Hall–Kier alpha value is -2.67. The molecule has 0 fully saturated rings. The molecular weight excluding hydrogens is 318 g/mol. The van der Waals surface area contributed by atoms with Crippen LogP contribution in [0.5, 0.6) is 0 Å². The lowest BCUT2D eigenvalue weighted by molar-refractivity contribution is 0.0690. The summed E-state index contributed by atoms with van der Waals surface area (Å²) in [5.41, 5.74) is 1.75. The number of benzene rings is 1. The molecule has 7 nitrogen and oxygen atoms in total. The number of halogens is 1. The number of imidazole rings is 1. The molecule has 0 amide bonds. The molecular formula is C15H14ClN5O2. The number of carbonyl (C=O) groups is 1. The van der Waals surface area contributed by atoms with Crippen LogP contribution in [-0.2, 0) is 6.42 Å². The van der Waals surface area contributed by atoms with Crippen LogP contribution in [0.15, 0.2) is 30.6 Å². The first-order valence-electron chi connectivity index (χ1n) is 7.05. The summed E-state index contributed by atoms with van der Waals surface area (Å²) >= 11 is 5.95. The number of nitrogens with zero attached hydrogens (tertiary/aromatic N) is 3. The first kappa shape index (κ1) is 15.2. The molecule has 3 N–H and O–H groups in total. The third-order valence-corrected chi connectivity index (χ3v) is 3.50. The van der Waals surface area contributed by atoms with E-state index >= 15 is 0 Å². The van der Waals surface area contributed by atoms with Gasteiger partial charge < -0.3 is 15.4 Å². The summed E-state index contributed by atoms with van der Waals surface area (Å²) in [4.78, 5) is 26.2. The summed E-state index contributed by atoms with van der Waals surface area (Å²) in [6.07, 6.45) is 4.26. The van der Waals surface area contributed by atoms with Crippen molar-refractivity contribution in [2.24, 2.45) is 0 Å². The van der Waals surface area contributed by atoms with Crippen molar-refractivity contribution in [1.29, 1.82) is 0 Å².